The number of carbonyl (C=O) groups is 1. The number of anilines is 4. The molecule has 0 saturated heterocycles. The fourth-order valence-corrected chi connectivity index (χ4v) is 3.65. The Labute approximate surface area is 203 Å². The number of halogens is 4. The number of primary amides is 1. The van der Waals surface area contributed by atoms with Gasteiger partial charge >= 0.3 is 6.18 Å². The summed E-state index contributed by atoms with van der Waals surface area (Å²) in [5, 5.41) is 5.33. The van der Waals surface area contributed by atoms with Crippen LogP contribution in [0, 0.1) is 0 Å². The Bertz CT molecular complexity index is 1370. The Balaban J connectivity index is 1.92. The summed E-state index contributed by atoms with van der Waals surface area (Å²) in [4.78, 5) is 23.0. The molecule has 10 nitrogen and oxygen atoms in total. The highest BCUT2D eigenvalue weighted by Crippen LogP contribution is 2.35. The lowest BCUT2D eigenvalue weighted by molar-refractivity contribution is -0.137. The Kier molecular flexibility index (Phi) is 7.36. The Morgan fingerprint density at radius 1 is 1.23 bits per heavy atom. The van der Waals surface area contributed by atoms with Crippen LogP contribution in [0.25, 0.3) is 0 Å². The van der Waals surface area contributed by atoms with E-state index in [0.29, 0.717) is 17.4 Å². The lowest BCUT2D eigenvalue weighted by atomic mass is 10.2. The average Bonchev–Trinajstić information content (AvgIpc) is 2.76. The first-order valence-electron chi connectivity index (χ1n) is 9.69. The van der Waals surface area contributed by atoms with Gasteiger partial charge in [0.15, 0.2) is 0 Å². The maximum Gasteiger partial charge on any atom is 0.421 e. The highest BCUT2D eigenvalue weighted by atomic mass is 35.5. The molecule has 3 rings (SSSR count). The maximum absolute atomic E-state index is 13.6. The second-order valence-electron chi connectivity index (χ2n) is 7.21. The summed E-state index contributed by atoms with van der Waals surface area (Å²) >= 11 is 6.00. The van der Waals surface area contributed by atoms with E-state index in [1.807, 2.05) is 0 Å². The summed E-state index contributed by atoms with van der Waals surface area (Å²) in [5.41, 5.74) is 4.76. The van der Waals surface area contributed by atoms with Gasteiger partial charge in [-0.3, -0.25) is 9.10 Å². The molecule has 0 radical (unpaired) electrons. The topological polar surface area (TPSA) is 143 Å². The zero-order chi connectivity index (χ0) is 26.0. The third kappa shape index (κ3) is 6.27. The highest BCUT2D eigenvalue weighted by molar-refractivity contribution is 7.92. The molecule has 0 aliphatic rings. The summed E-state index contributed by atoms with van der Waals surface area (Å²) in [6.07, 6.45) is -1.83. The molecule has 0 aliphatic carbocycles. The van der Waals surface area contributed by atoms with E-state index in [4.69, 9.17) is 17.3 Å². The lowest BCUT2D eigenvalue weighted by Crippen LogP contribution is -2.27. The summed E-state index contributed by atoms with van der Waals surface area (Å²) in [5.74, 6) is -1.43. The molecule has 4 N–H and O–H groups in total. The van der Waals surface area contributed by atoms with E-state index in [1.54, 1.807) is 0 Å². The second kappa shape index (κ2) is 9.92. The Morgan fingerprint density at radius 2 is 1.94 bits per heavy atom. The number of hydrogen-bond acceptors (Lipinski definition) is 8. The van der Waals surface area contributed by atoms with Crippen LogP contribution in [-0.2, 0) is 22.7 Å². The Hall–Kier alpha value is -3.65. The van der Waals surface area contributed by atoms with Crippen LogP contribution in [0.15, 0.2) is 42.7 Å². The predicted molar refractivity (Wildman–Crippen MR) is 125 cm³/mol. The van der Waals surface area contributed by atoms with Gasteiger partial charge < -0.3 is 16.4 Å². The van der Waals surface area contributed by atoms with Crippen LogP contribution in [-0.4, -0.2) is 42.6 Å². The molecule has 0 bridgehead atoms. The van der Waals surface area contributed by atoms with Crippen molar-refractivity contribution in [1.82, 2.24) is 15.0 Å². The SMILES string of the molecule is CN(c1ncccc1CNc1nc(Nc2ccc(C(N)=O)c(Cl)c2)ncc1C(F)(F)F)S(C)(=O)=O. The van der Waals surface area contributed by atoms with Gasteiger partial charge in [0.2, 0.25) is 21.9 Å². The number of sulfonamides is 1. The molecule has 0 atom stereocenters. The predicted octanol–water partition coefficient (Wildman–Crippen LogP) is 3.39. The second-order valence-corrected chi connectivity index (χ2v) is 9.63. The van der Waals surface area contributed by atoms with Crippen LogP contribution in [0.1, 0.15) is 21.5 Å². The minimum atomic E-state index is -4.77. The van der Waals surface area contributed by atoms with Crippen LogP contribution in [0.4, 0.5) is 36.4 Å². The molecule has 2 aromatic heterocycles. The number of nitrogens with zero attached hydrogens (tertiary/aromatic N) is 4. The standard InChI is InChI=1S/C20H19ClF3N7O3S/c1-31(35(2,33)34)18-11(4-3-7-26-18)9-27-17-14(20(22,23)24)10-28-19(30-17)29-12-5-6-13(16(25)32)15(21)8-12/h3-8,10H,9H2,1-2H3,(H2,25,32)(H2,27,28,29,30). The highest BCUT2D eigenvalue weighted by Gasteiger charge is 2.35. The monoisotopic (exact) mass is 529 g/mol. The average molecular weight is 530 g/mol. The molecule has 0 aliphatic heterocycles. The quantitative estimate of drug-likeness (QED) is 0.403. The molecule has 35 heavy (non-hydrogen) atoms. The summed E-state index contributed by atoms with van der Waals surface area (Å²) in [7, 11) is -2.38. The number of nitrogens with one attached hydrogen (secondary N) is 2. The molecule has 0 saturated carbocycles. The van der Waals surface area contributed by atoms with Crippen molar-refractivity contribution in [2.75, 3.05) is 28.2 Å². The third-order valence-corrected chi connectivity index (χ3v) is 6.17. The third-order valence-electron chi connectivity index (χ3n) is 4.69. The van der Waals surface area contributed by atoms with Crippen LogP contribution in [0.5, 0.6) is 0 Å². The molecule has 2 heterocycles. The van der Waals surface area contributed by atoms with Gasteiger partial charge in [0, 0.05) is 37.2 Å². The number of carbonyl (C=O) groups excluding carboxylic acids is 1. The zero-order valence-electron chi connectivity index (χ0n) is 18.3. The van der Waals surface area contributed by atoms with Crippen molar-refractivity contribution < 1.29 is 26.4 Å². The fraction of sp³-hybridized carbons (Fsp3) is 0.200. The van der Waals surface area contributed by atoms with Crippen molar-refractivity contribution in [2.45, 2.75) is 12.7 Å². The molecule has 0 spiro atoms. The first-order valence-corrected chi connectivity index (χ1v) is 11.9. The van der Waals surface area contributed by atoms with Gasteiger partial charge in [-0.2, -0.15) is 18.2 Å². The Morgan fingerprint density at radius 3 is 2.54 bits per heavy atom. The van der Waals surface area contributed by atoms with Crippen molar-refractivity contribution in [2.24, 2.45) is 5.73 Å². The largest absolute Gasteiger partial charge is 0.421 e. The van der Waals surface area contributed by atoms with E-state index in [-0.39, 0.29) is 28.9 Å². The number of amides is 1. The number of benzene rings is 1. The van der Waals surface area contributed by atoms with E-state index in [0.717, 1.165) is 10.6 Å². The lowest BCUT2D eigenvalue weighted by Gasteiger charge is -2.20. The summed E-state index contributed by atoms with van der Waals surface area (Å²) < 4.78 is 65.4. The molecular weight excluding hydrogens is 511 g/mol. The number of pyridine rings is 1. The number of hydrogen-bond donors (Lipinski definition) is 3. The normalized spacial score (nSPS) is 11.7. The van der Waals surface area contributed by atoms with Crippen molar-refractivity contribution in [3.8, 4) is 0 Å². The number of alkyl halides is 3. The molecular formula is C20H19ClF3N7O3S. The summed E-state index contributed by atoms with van der Waals surface area (Å²) in [6.45, 7) is -0.221. The fourth-order valence-electron chi connectivity index (χ4n) is 2.89. The van der Waals surface area contributed by atoms with Crippen LogP contribution < -0.4 is 20.7 Å². The molecule has 15 heteroatoms. The van der Waals surface area contributed by atoms with Crippen LogP contribution in [0.3, 0.4) is 0 Å². The number of nitrogens with two attached hydrogens (primary N) is 1. The van der Waals surface area contributed by atoms with E-state index in [1.165, 1.54) is 43.6 Å². The van der Waals surface area contributed by atoms with Crippen LogP contribution >= 0.6 is 11.6 Å². The van der Waals surface area contributed by atoms with Gasteiger partial charge in [-0.05, 0) is 24.3 Å². The number of rotatable bonds is 8. The molecule has 3 aromatic rings. The van der Waals surface area contributed by atoms with Gasteiger partial charge in [-0.25, -0.2) is 18.4 Å². The smallest absolute Gasteiger partial charge is 0.366 e. The molecule has 0 unspecified atom stereocenters. The maximum atomic E-state index is 13.6. The minimum absolute atomic E-state index is 0.0341. The van der Waals surface area contributed by atoms with Crippen molar-refractivity contribution in [1.29, 1.82) is 0 Å². The molecule has 1 aromatic carbocycles. The molecule has 1 amide bonds. The minimum Gasteiger partial charge on any atom is -0.366 e. The summed E-state index contributed by atoms with van der Waals surface area (Å²) in [6, 6.07) is 7.17. The van der Waals surface area contributed by atoms with Crippen molar-refractivity contribution >= 4 is 50.8 Å². The van der Waals surface area contributed by atoms with Gasteiger partial charge in [0.1, 0.15) is 17.2 Å². The number of aromatic nitrogens is 3. The van der Waals surface area contributed by atoms with Gasteiger partial charge in [-0.1, -0.05) is 17.7 Å². The van der Waals surface area contributed by atoms with Gasteiger partial charge in [0.05, 0.1) is 16.8 Å². The molecule has 0 fully saturated rings. The van der Waals surface area contributed by atoms with Crippen molar-refractivity contribution in [3.05, 3.63) is 64.4 Å². The van der Waals surface area contributed by atoms with Crippen molar-refractivity contribution in [3.63, 3.8) is 0 Å². The van der Waals surface area contributed by atoms with E-state index in [9.17, 15) is 26.4 Å². The first-order chi connectivity index (χ1) is 16.3. The zero-order valence-corrected chi connectivity index (χ0v) is 19.8. The van der Waals surface area contributed by atoms with Gasteiger partial charge in [0.25, 0.3) is 0 Å². The van der Waals surface area contributed by atoms with E-state index >= 15 is 0 Å². The van der Waals surface area contributed by atoms with E-state index < -0.39 is 33.5 Å². The van der Waals surface area contributed by atoms with Gasteiger partial charge in [-0.15, -0.1) is 0 Å². The molecule has 186 valence electrons. The van der Waals surface area contributed by atoms with Crippen LogP contribution in [0.2, 0.25) is 5.02 Å². The van der Waals surface area contributed by atoms with E-state index in [2.05, 4.69) is 25.6 Å². The first kappa shape index (κ1) is 26.0.